The number of nitrogens with one attached hydrogen (secondary N) is 2. The fourth-order valence-corrected chi connectivity index (χ4v) is 4.86. The van der Waals surface area contributed by atoms with Crippen molar-refractivity contribution in [2.75, 3.05) is 25.0 Å². The van der Waals surface area contributed by atoms with Gasteiger partial charge in [0.1, 0.15) is 0 Å². The zero-order valence-electron chi connectivity index (χ0n) is 17.8. The minimum atomic E-state index is -0.228. The van der Waals surface area contributed by atoms with E-state index < -0.39 is 0 Å². The first-order chi connectivity index (χ1) is 14.8. The molecule has 0 unspecified atom stereocenters. The van der Waals surface area contributed by atoms with Gasteiger partial charge >= 0.3 is 0 Å². The van der Waals surface area contributed by atoms with Crippen LogP contribution in [0.15, 0.2) is 22.7 Å². The van der Waals surface area contributed by atoms with E-state index in [0.29, 0.717) is 34.5 Å². The smallest absolute Gasteiger partial charge is 0.256 e. The number of anilines is 1. The lowest BCUT2D eigenvalue weighted by Gasteiger charge is -2.13. The maximum Gasteiger partial charge on any atom is 0.256 e. The van der Waals surface area contributed by atoms with Gasteiger partial charge in [-0.15, -0.1) is 0 Å². The monoisotopic (exact) mass is 483 g/mol. The number of halogens is 1. The van der Waals surface area contributed by atoms with Crippen molar-refractivity contribution in [2.45, 2.75) is 39.5 Å². The number of amides is 1. The lowest BCUT2D eigenvalue weighted by atomic mass is 10.0. The first-order valence-electron chi connectivity index (χ1n) is 10.7. The summed E-state index contributed by atoms with van der Waals surface area (Å²) in [6.07, 6.45) is 5.38. The number of hydrogen-bond acceptors (Lipinski definition) is 4. The van der Waals surface area contributed by atoms with E-state index in [1.165, 1.54) is 19.8 Å². The van der Waals surface area contributed by atoms with E-state index in [9.17, 15) is 14.4 Å². The Balaban J connectivity index is 1.62. The molecule has 2 aliphatic rings. The Kier molecular flexibility index (Phi) is 6.25. The Morgan fingerprint density at radius 3 is 2.68 bits per heavy atom. The van der Waals surface area contributed by atoms with Crippen molar-refractivity contribution < 1.29 is 14.4 Å². The Hall–Kier alpha value is -2.51. The van der Waals surface area contributed by atoms with Crippen LogP contribution in [0.1, 0.15) is 70.3 Å². The van der Waals surface area contributed by atoms with Gasteiger partial charge in [0.25, 0.3) is 5.91 Å². The minimum Gasteiger partial charge on any atom is -0.352 e. The summed E-state index contributed by atoms with van der Waals surface area (Å²) in [6.45, 7) is 6.43. The Morgan fingerprint density at radius 2 is 1.97 bits per heavy atom. The van der Waals surface area contributed by atoms with E-state index in [0.717, 1.165) is 41.8 Å². The third kappa shape index (κ3) is 4.43. The van der Waals surface area contributed by atoms with Crippen LogP contribution in [0.5, 0.6) is 0 Å². The average Bonchev–Trinajstić information content (AvgIpc) is 3.41. The van der Waals surface area contributed by atoms with Crippen molar-refractivity contribution in [2.24, 2.45) is 0 Å². The van der Waals surface area contributed by atoms with Gasteiger partial charge in [-0.25, -0.2) is 0 Å². The van der Waals surface area contributed by atoms with Crippen LogP contribution in [0.2, 0.25) is 0 Å². The van der Waals surface area contributed by atoms with E-state index in [-0.39, 0.29) is 17.5 Å². The van der Waals surface area contributed by atoms with Crippen LogP contribution >= 0.6 is 15.9 Å². The van der Waals surface area contributed by atoms with Gasteiger partial charge in [0.05, 0.1) is 17.0 Å². The summed E-state index contributed by atoms with van der Waals surface area (Å²) in [5.74, 6) is -0.360. The summed E-state index contributed by atoms with van der Waals surface area (Å²) in [6, 6.07) is 5.56. The third-order valence-corrected chi connectivity index (χ3v) is 6.53. The number of rotatable bonds is 7. The van der Waals surface area contributed by atoms with Gasteiger partial charge in [0.2, 0.25) is 0 Å². The van der Waals surface area contributed by atoms with Gasteiger partial charge in [0, 0.05) is 27.7 Å². The lowest BCUT2D eigenvalue weighted by molar-refractivity contribution is -0.110. The lowest BCUT2D eigenvalue weighted by Crippen LogP contribution is -2.21. The van der Waals surface area contributed by atoms with Crippen LogP contribution in [-0.4, -0.2) is 47.0 Å². The number of carbonyl (C=O) groups is 3. The molecule has 0 atom stereocenters. The van der Waals surface area contributed by atoms with Crippen molar-refractivity contribution in [1.82, 2.24) is 9.88 Å². The zero-order valence-corrected chi connectivity index (χ0v) is 19.4. The molecule has 0 aliphatic carbocycles. The van der Waals surface area contributed by atoms with Gasteiger partial charge in [-0.1, -0.05) is 15.9 Å². The second kappa shape index (κ2) is 8.93. The summed E-state index contributed by atoms with van der Waals surface area (Å²) >= 11 is 3.44. The SMILES string of the molecule is CC(=O)c1c(/C=C2\C(=O)Nc3ccc(Br)cc32)[nH]c(C(=O)CCCN2CCCC2)c1C. The second-order valence-corrected chi connectivity index (χ2v) is 9.16. The van der Waals surface area contributed by atoms with E-state index >= 15 is 0 Å². The molecule has 7 heteroatoms. The van der Waals surface area contributed by atoms with Gasteiger partial charge in [-0.3, -0.25) is 14.4 Å². The Morgan fingerprint density at radius 1 is 1.23 bits per heavy atom. The standard InChI is InChI=1S/C24H26BrN3O3/c1-14-22(15(2)29)20(13-18-17-12-16(25)7-8-19(17)27-24(18)31)26-23(14)21(30)6-5-11-28-9-3-4-10-28/h7-8,12-13,26H,3-6,9-11H2,1-2H3,(H,27,31)/b18-13-. The Bertz CT molecular complexity index is 1090. The summed E-state index contributed by atoms with van der Waals surface area (Å²) in [7, 11) is 0. The molecule has 2 aliphatic heterocycles. The fourth-order valence-electron chi connectivity index (χ4n) is 4.50. The molecule has 1 aromatic carbocycles. The molecule has 3 heterocycles. The normalized spacial score (nSPS) is 17.3. The Labute approximate surface area is 190 Å². The maximum absolute atomic E-state index is 12.9. The average molecular weight is 484 g/mol. The quantitative estimate of drug-likeness (QED) is 0.435. The number of likely N-dealkylation sites (tertiary alicyclic amines) is 1. The van der Waals surface area contributed by atoms with E-state index in [2.05, 4.69) is 31.1 Å². The van der Waals surface area contributed by atoms with Crippen molar-refractivity contribution in [1.29, 1.82) is 0 Å². The van der Waals surface area contributed by atoms with Gasteiger partial charge in [-0.2, -0.15) is 0 Å². The number of ketones is 2. The number of H-pyrrole nitrogens is 1. The fraction of sp³-hybridized carbons (Fsp3) is 0.375. The number of aromatic nitrogens is 1. The van der Waals surface area contributed by atoms with Crippen LogP contribution in [0, 0.1) is 6.92 Å². The summed E-state index contributed by atoms with van der Waals surface area (Å²) < 4.78 is 0.858. The predicted molar refractivity (Wildman–Crippen MR) is 125 cm³/mol. The highest BCUT2D eigenvalue weighted by molar-refractivity contribution is 9.10. The predicted octanol–water partition coefficient (Wildman–Crippen LogP) is 4.84. The molecular formula is C24H26BrN3O3. The van der Waals surface area contributed by atoms with Crippen molar-refractivity contribution >= 4 is 50.7 Å². The van der Waals surface area contributed by atoms with Crippen molar-refractivity contribution in [3.8, 4) is 0 Å². The number of hydrogen-bond donors (Lipinski definition) is 2. The first-order valence-corrected chi connectivity index (χ1v) is 11.5. The molecule has 1 aromatic heterocycles. The van der Waals surface area contributed by atoms with Crippen molar-refractivity contribution in [3.63, 3.8) is 0 Å². The molecule has 0 radical (unpaired) electrons. The molecule has 1 saturated heterocycles. The molecule has 162 valence electrons. The molecule has 2 N–H and O–H groups in total. The number of fused-ring (bicyclic) bond motifs is 1. The molecule has 0 spiro atoms. The number of benzene rings is 1. The molecule has 31 heavy (non-hydrogen) atoms. The van der Waals surface area contributed by atoms with E-state index in [4.69, 9.17) is 0 Å². The molecule has 0 saturated carbocycles. The van der Waals surface area contributed by atoms with Crippen LogP contribution in [-0.2, 0) is 4.79 Å². The van der Waals surface area contributed by atoms with Crippen LogP contribution in [0.4, 0.5) is 5.69 Å². The van der Waals surface area contributed by atoms with Crippen LogP contribution < -0.4 is 5.32 Å². The third-order valence-electron chi connectivity index (χ3n) is 6.04. The molecule has 4 rings (SSSR count). The molecule has 2 aromatic rings. The van der Waals surface area contributed by atoms with Crippen LogP contribution in [0.25, 0.3) is 11.6 Å². The van der Waals surface area contributed by atoms with Crippen molar-refractivity contribution in [3.05, 3.63) is 50.8 Å². The number of carbonyl (C=O) groups excluding carboxylic acids is 3. The van der Waals surface area contributed by atoms with E-state index in [1.54, 1.807) is 13.0 Å². The first kappa shape index (κ1) is 21.7. The summed E-state index contributed by atoms with van der Waals surface area (Å²) in [4.78, 5) is 43.4. The highest BCUT2D eigenvalue weighted by Gasteiger charge is 2.27. The molecular weight excluding hydrogens is 458 g/mol. The van der Waals surface area contributed by atoms with Crippen LogP contribution in [0.3, 0.4) is 0 Å². The van der Waals surface area contributed by atoms with Gasteiger partial charge in [0.15, 0.2) is 11.6 Å². The summed E-state index contributed by atoms with van der Waals surface area (Å²) in [5, 5.41) is 2.84. The highest BCUT2D eigenvalue weighted by atomic mass is 79.9. The molecule has 6 nitrogen and oxygen atoms in total. The molecule has 1 amide bonds. The summed E-state index contributed by atoms with van der Waals surface area (Å²) in [5.41, 5.74) is 4.04. The molecule has 1 fully saturated rings. The topological polar surface area (TPSA) is 82.3 Å². The van der Waals surface area contributed by atoms with Gasteiger partial charge < -0.3 is 15.2 Å². The second-order valence-electron chi connectivity index (χ2n) is 8.25. The van der Waals surface area contributed by atoms with E-state index in [1.807, 2.05) is 18.2 Å². The largest absolute Gasteiger partial charge is 0.352 e. The number of aromatic amines is 1. The highest BCUT2D eigenvalue weighted by Crippen LogP contribution is 2.36. The number of Topliss-reactive ketones (excluding diaryl/α,β-unsaturated/α-hetero) is 2. The number of nitrogens with zero attached hydrogens (tertiary/aromatic N) is 1. The minimum absolute atomic E-state index is 0.00265. The van der Waals surface area contributed by atoms with Gasteiger partial charge in [-0.05, 0) is 82.6 Å². The maximum atomic E-state index is 12.9. The zero-order chi connectivity index (χ0) is 22.1. The molecule has 0 bridgehead atoms.